The third-order valence-electron chi connectivity index (χ3n) is 4.81. The topological polar surface area (TPSA) is 55.3 Å². The van der Waals surface area contributed by atoms with Gasteiger partial charge in [-0.25, -0.2) is 4.39 Å². The van der Waals surface area contributed by atoms with E-state index in [1.807, 2.05) is 17.0 Å². The molecule has 0 radical (unpaired) electrons. The Hall–Kier alpha value is -2.50. The van der Waals surface area contributed by atoms with Crippen molar-refractivity contribution in [3.63, 3.8) is 0 Å². The summed E-state index contributed by atoms with van der Waals surface area (Å²) in [5.74, 6) is 0.147. The Bertz CT molecular complexity index is 726. The van der Waals surface area contributed by atoms with Crippen LogP contribution in [0.2, 0.25) is 0 Å². The Morgan fingerprint density at radius 3 is 2.62 bits per heavy atom. The van der Waals surface area contributed by atoms with Crippen molar-refractivity contribution in [2.75, 3.05) is 0 Å². The molecule has 4 rings (SSSR count). The molecule has 0 N–H and O–H groups in total. The lowest BCUT2D eigenvalue weighted by molar-refractivity contribution is 0.0357. The number of pyridine rings is 2. The average Bonchev–Trinajstić information content (AvgIpc) is 2.86. The highest BCUT2D eigenvalue weighted by atomic mass is 19.1. The summed E-state index contributed by atoms with van der Waals surface area (Å²) in [6.45, 7) is 0. The van der Waals surface area contributed by atoms with Crippen molar-refractivity contribution in [3.8, 4) is 5.75 Å². The van der Waals surface area contributed by atoms with Gasteiger partial charge < -0.3 is 9.64 Å². The number of aromatic nitrogens is 2. The van der Waals surface area contributed by atoms with Crippen molar-refractivity contribution in [2.45, 2.75) is 43.9 Å². The molecule has 2 aromatic rings. The number of carbonyl (C=O) groups is 1. The molecule has 1 amide bonds. The molecule has 0 aromatic carbocycles. The van der Waals surface area contributed by atoms with Crippen LogP contribution >= 0.6 is 0 Å². The van der Waals surface area contributed by atoms with Crippen molar-refractivity contribution in [1.82, 2.24) is 14.9 Å². The molecule has 2 aliphatic rings. The lowest BCUT2D eigenvalue weighted by atomic mass is 9.98. The standard InChI is InChI=1S/C18H18FN3O2/c19-13-6-12(9-21-10-13)18(23)22-14-3-4-15(22)8-17(7-14)24-16-2-1-5-20-11-16/h1-2,5-6,9-11,14-15,17H,3-4,7-8H2/t14-,15-/m0/s1. The van der Waals surface area contributed by atoms with E-state index in [-0.39, 0.29) is 24.1 Å². The molecule has 2 saturated heterocycles. The van der Waals surface area contributed by atoms with Crippen molar-refractivity contribution in [1.29, 1.82) is 0 Å². The first-order chi connectivity index (χ1) is 11.7. The number of hydrogen-bond acceptors (Lipinski definition) is 4. The Balaban J connectivity index is 1.48. The maximum Gasteiger partial charge on any atom is 0.256 e. The number of hydrogen-bond donors (Lipinski definition) is 0. The number of carbonyl (C=O) groups excluding carboxylic acids is 1. The maximum absolute atomic E-state index is 13.3. The number of rotatable bonds is 3. The molecule has 2 aliphatic heterocycles. The summed E-state index contributed by atoms with van der Waals surface area (Å²) in [4.78, 5) is 22.5. The van der Waals surface area contributed by atoms with Crippen LogP contribution in [0.4, 0.5) is 4.39 Å². The number of ether oxygens (including phenoxy) is 1. The van der Waals surface area contributed by atoms with E-state index >= 15 is 0 Å². The van der Waals surface area contributed by atoms with Crippen molar-refractivity contribution < 1.29 is 13.9 Å². The summed E-state index contributed by atoms with van der Waals surface area (Å²) >= 11 is 0. The molecular weight excluding hydrogens is 309 g/mol. The zero-order valence-electron chi connectivity index (χ0n) is 13.1. The number of halogens is 1. The van der Waals surface area contributed by atoms with Crippen LogP contribution in [-0.2, 0) is 0 Å². The quantitative estimate of drug-likeness (QED) is 0.870. The van der Waals surface area contributed by atoms with E-state index < -0.39 is 5.82 Å². The first-order valence-corrected chi connectivity index (χ1v) is 8.20. The van der Waals surface area contributed by atoms with Crippen molar-refractivity contribution in [3.05, 3.63) is 54.4 Å². The molecule has 2 atom stereocenters. The molecule has 24 heavy (non-hydrogen) atoms. The highest BCUT2D eigenvalue weighted by molar-refractivity contribution is 5.94. The van der Waals surface area contributed by atoms with Crippen LogP contribution in [0.25, 0.3) is 0 Å². The number of amides is 1. The summed E-state index contributed by atoms with van der Waals surface area (Å²) in [6, 6.07) is 5.28. The van der Waals surface area contributed by atoms with Crippen LogP contribution in [0.5, 0.6) is 5.75 Å². The largest absolute Gasteiger partial charge is 0.489 e. The van der Waals surface area contributed by atoms with Crippen LogP contribution in [0.1, 0.15) is 36.0 Å². The fraction of sp³-hybridized carbons (Fsp3) is 0.389. The number of piperidine rings is 1. The van der Waals surface area contributed by atoms with Gasteiger partial charge in [-0.15, -0.1) is 0 Å². The Morgan fingerprint density at radius 1 is 1.17 bits per heavy atom. The van der Waals surface area contributed by atoms with Gasteiger partial charge in [-0.2, -0.15) is 0 Å². The summed E-state index contributed by atoms with van der Waals surface area (Å²) in [6.07, 6.45) is 9.56. The van der Waals surface area contributed by atoms with E-state index in [9.17, 15) is 9.18 Å². The van der Waals surface area contributed by atoms with Gasteiger partial charge in [0, 0.05) is 37.3 Å². The first-order valence-electron chi connectivity index (χ1n) is 8.20. The van der Waals surface area contributed by atoms with Crippen molar-refractivity contribution in [2.24, 2.45) is 0 Å². The summed E-state index contributed by atoms with van der Waals surface area (Å²) in [7, 11) is 0. The lowest BCUT2D eigenvalue weighted by Gasteiger charge is -2.38. The molecule has 0 aliphatic carbocycles. The maximum atomic E-state index is 13.3. The van der Waals surface area contributed by atoms with Gasteiger partial charge in [0.25, 0.3) is 5.91 Å². The van der Waals surface area contributed by atoms with E-state index in [0.29, 0.717) is 5.56 Å². The van der Waals surface area contributed by atoms with Gasteiger partial charge in [0.1, 0.15) is 17.7 Å². The van der Waals surface area contributed by atoms with Gasteiger partial charge in [-0.3, -0.25) is 14.8 Å². The minimum Gasteiger partial charge on any atom is -0.489 e. The van der Waals surface area contributed by atoms with Crippen LogP contribution < -0.4 is 4.74 Å². The molecule has 124 valence electrons. The fourth-order valence-corrected chi connectivity index (χ4v) is 3.84. The Kier molecular flexibility index (Phi) is 3.88. The molecule has 5 nitrogen and oxygen atoms in total. The number of nitrogens with zero attached hydrogens (tertiary/aromatic N) is 3. The average molecular weight is 327 g/mol. The second-order valence-corrected chi connectivity index (χ2v) is 6.39. The molecule has 6 heteroatoms. The highest BCUT2D eigenvalue weighted by Crippen LogP contribution is 2.38. The van der Waals surface area contributed by atoms with Crippen LogP contribution in [0.15, 0.2) is 43.0 Å². The van der Waals surface area contributed by atoms with E-state index in [2.05, 4.69) is 9.97 Å². The van der Waals surface area contributed by atoms with Gasteiger partial charge in [0.15, 0.2) is 0 Å². The van der Waals surface area contributed by atoms with Gasteiger partial charge in [-0.1, -0.05) is 0 Å². The van der Waals surface area contributed by atoms with Gasteiger partial charge >= 0.3 is 0 Å². The zero-order chi connectivity index (χ0) is 16.5. The second kappa shape index (κ2) is 6.19. The molecule has 2 aromatic heterocycles. The van der Waals surface area contributed by atoms with Crippen LogP contribution in [0.3, 0.4) is 0 Å². The third-order valence-corrected chi connectivity index (χ3v) is 4.81. The number of fused-ring (bicyclic) bond motifs is 2. The molecule has 2 fully saturated rings. The molecule has 4 heterocycles. The van der Waals surface area contributed by atoms with Crippen molar-refractivity contribution >= 4 is 5.91 Å². The summed E-state index contributed by atoms with van der Waals surface area (Å²) in [5.41, 5.74) is 0.318. The van der Waals surface area contributed by atoms with E-state index in [1.54, 1.807) is 12.4 Å². The first kappa shape index (κ1) is 15.1. The van der Waals surface area contributed by atoms with Crippen LogP contribution in [0, 0.1) is 5.82 Å². The summed E-state index contributed by atoms with van der Waals surface area (Å²) < 4.78 is 19.4. The predicted molar refractivity (Wildman–Crippen MR) is 85.1 cm³/mol. The van der Waals surface area contributed by atoms with Gasteiger partial charge in [-0.05, 0) is 31.0 Å². The lowest BCUT2D eigenvalue weighted by Crippen LogP contribution is -2.49. The molecule has 0 spiro atoms. The summed E-state index contributed by atoms with van der Waals surface area (Å²) in [5, 5.41) is 0. The Labute approximate surface area is 139 Å². The SMILES string of the molecule is O=C(c1cncc(F)c1)N1[C@H]2CC[C@H]1CC(Oc1cccnc1)C2. The fourth-order valence-electron chi connectivity index (χ4n) is 3.84. The second-order valence-electron chi connectivity index (χ2n) is 6.39. The molecular formula is C18H18FN3O2. The minimum absolute atomic E-state index is 0.0846. The van der Waals surface area contributed by atoms with Gasteiger partial charge in [0.2, 0.25) is 0 Å². The van der Waals surface area contributed by atoms with Gasteiger partial charge in [0.05, 0.1) is 18.0 Å². The Morgan fingerprint density at radius 2 is 1.96 bits per heavy atom. The normalized spacial score (nSPS) is 25.5. The van der Waals surface area contributed by atoms with Crippen LogP contribution in [-0.4, -0.2) is 39.0 Å². The van der Waals surface area contributed by atoms with E-state index in [1.165, 1.54) is 12.3 Å². The monoisotopic (exact) mass is 327 g/mol. The van der Waals surface area contributed by atoms with E-state index in [0.717, 1.165) is 37.6 Å². The zero-order valence-corrected chi connectivity index (χ0v) is 13.1. The highest BCUT2D eigenvalue weighted by Gasteiger charge is 2.44. The molecule has 0 saturated carbocycles. The van der Waals surface area contributed by atoms with E-state index in [4.69, 9.17) is 4.74 Å². The molecule has 2 bridgehead atoms. The molecule has 0 unspecified atom stereocenters. The predicted octanol–water partition coefficient (Wildman–Crippen LogP) is 2.83. The smallest absolute Gasteiger partial charge is 0.256 e. The third kappa shape index (κ3) is 2.84. The minimum atomic E-state index is -0.483.